The monoisotopic (exact) mass is 287 g/mol. The second kappa shape index (κ2) is 3.67. The highest BCUT2D eigenvalue weighted by molar-refractivity contribution is 5.98. The highest BCUT2D eigenvalue weighted by Crippen LogP contribution is 2.60. The lowest BCUT2D eigenvalue weighted by atomic mass is 9.53. The van der Waals surface area contributed by atoms with Gasteiger partial charge < -0.3 is 20.7 Å². The van der Waals surface area contributed by atoms with Crippen molar-refractivity contribution < 1.29 is 19.7 Å². The number of ether oxygens (including phenoxy) is 1. The topological polar surface area (TPSA) is 92.8 Å². The Balaban J connectivity index is 2.13. The first-order valence-corrected chi connectivity index (χ1v) is 7.18. The standard InChI is InChI=1S/C16H17NO4/c1-2-15-12-8-3-4-9(18)13(12)21-14(15)10(19)5-6-16(15,20)11(17)7-8/h3-6,11,14,18,20H,2,7,17H2,1H3/t11-,14+,15+,16-/m1/s1. The van der Waals surface area contributed by atoms with Crippen molar-refractivity contribution >= 4 is 5.78 Å². The number of phenols is 1. The first-order chi connectivity index (χ1) is 9.95. The molecule has 1 heterocycles. The van der Waals surface area contributed by atoms with Gasteiger partial charge in [0.1, 0.15) is 5.60 Å². The van der Waals surface area contributed by atoms with Crippen LogP contribution in [0.5, 0.6) is 11.5 Å². The molecule has 1 aliphatic heterocycles. The average molecular weight is 287 g/mol. The molecule has 5 nitrogen and oxygen atoms in total. The predicted molar refractivity (Wildman–Crippen MR) is 75.3 cm³/mol. The number of hydrogen-bond donors (Lipinski definition) is 3. The molecule has 5 heteroatoms. The molecule has 0 amide bonds. The van der Waals surface area contributed by atoms with Crippen molar-refractivity contribution in [2.45, 2.75) is 42.9 Å². The third kappa shape index (κ3) is 1.19. The van der Waals surface area contributed by atoms with Gasteiger partial charge in [0.2, 0.25) is 0 Å². The van der Waals surface area contributed by atoms with Gasteiger partial charge in [0, 0.05) is 11.6 Å². The zero-order valence-corrected chi connectivity index (χ0v) is 11.7. The molecule has 1 aromatic carbocycles. The number of nitrogens with two attached hydrogens (primary N) is 1. The zero-order chi connectivity index (χ0) is 15.0. The van der Waals surface area contributed by atoms with Crippen LogP contribution in [0, 0.1) is 0 Å². The third-order valence-corrected chi connectivity index (χ3v) is 5.39. The summed E-state index contributed by atoms with van der Waals surface area (Å²) in [5.74, 6) is 0.125. The van der Waals surface area contributed by atoms with Gasteiger partial charge in [-0.05, 0) is 36.6 Å². The molecule has 4 rings (SSSR count). The molecule has 110 valence electrons. The predicted octanol–water partition coefficient (Wildman–Crippen LogP) is 0.554. The van der Waals surface area contributed by atoms with Gasteiger partial charge in [0.15, 0.2) is 23.4 Å². The van der Waals surface area contributed by atoms with Crippen LogP contribution >= 0.6 is 0 Å². The Kier molecular flexibility index (Phi) is 2.25. The van der Waals surface area contributed by atoms with Crippen LogP contribution in [-0.2, 0) is 16.6 Å². The molecule has 4 N–H and O–H groups in total. The van der Waals surface area contributed by atoms with Gasteiger partial charge in [-0.1, -0.05) is 13.0 Å². The van der Waals surface area contributed by atoms with Crippen LogP contribution in [0.1, 0.15) is 24.5 Å². The largest absolute Gasteiger partial charge is 0.504 e. The van der Waals surface area contributed by atoms with Crippen molar-refractivity contribution in [2.75, 3.05) is 0 Å². The average Bonchev–Trinajstić information content (AvgIpc) is 2.84. The fourth-order valence-electron chi connectivity index (χ4n) is 4.39. The van der Waals surface area contributed by atoms with Gasteiger partial charge in [0.05, 0.1) is 5.41 Å². The lowest BCUT2D eigenvalue weighted by Gasteiger charge is -2.53. The maximum atomic E-state index is 12.3. The van der Waals surface area contributed by atoms with E-state index in [1.165, 1.54) is 12.2 Å². The molecule has 0 saturated carbocycles. The van der Waals surface area contributed by atoms with Gasteiger partial charge in [-0.3, -0.25) is 4.79 Å². The van der Waals surface area contributed by atoms with E-state index in [1.807, 2.05) is 6.92 Å². The van der Waals surface area contributed by atoms with Crippen molar-refractivity contribution in [3.05, 3.63) is 35.4 Å². The summed E-state index contributed by atoms with van der Waals surface area (Å²) >= 11 is 0. The fraction of sp³-hybridized carbons (Fsp3) is 0.438. The molecule has 0 unspecified atom stereocenters. The lowest BCUT2D eigenvalue weighted by molar-refractivity contribution is -0.134. The smallest absolute Gasteiger partial charge is 0.196 e. The second-order valence-electron chi connectivity index (χ2n) is 6.14. The van der Waals surface area contributed by atoms with E-state index in [-0.39, 0.29) is 11.5 Å². The van der Waals surface area contributed by atoms with Crippen molar-refractivity contribution in [1.29, 1.82) is 0 Å². The summed E-state index contributed by atoms with van der Waals surface area (Å²) in [6.07, 6.45) is 3.03. The minimum atomic E-state index is -1.34. The number of carbonyl (C=O) groups is 1. The molecule has 1 aromatic rings. The Morgan fingerprint density at radius 2 is 2.24 bits per heavy atom. The first kappa shape index (κ1) is 12.9. The molecule has 2 aliphatic carbocycles. The van der Waals surface area contributed by atoms with Gasteiger partial charge in [-0.2, -0.15) is 0 Å². The van der Waals surface area contributed by atoms with Crippen LogP contribution in [-0.4, -0.2) is 33.7 Å². The number of hydrogen-bond acceptors (Lipinski definition) is 5. The Labute approximate surface area is 122 Å². The summed E-state index contributed by atoms with van der Waals surface area (Å²) < 4.78 is 5.79. The van der Waals surface area contributed by atoms with Crippen LogP contribution in [0.3, 0.4) is 0 Å². The number of carbonyl (C=O) groups excluding carboxylic acids is 1. The maximum Gasteiger partial charge on any atom is 0.196 e. The highest BCUT2D eigenvalue weighted by atomic mass is 16.5. The second-order valence-corrected chi connectivity index (χ2v) is 6.14. The van der Waals surface area contributed by atoms with E-state index in [9.17, 15) is 15.0 Å². The molecule has 0 spiro atoms. The van der Waals surface area contributed by atoms with E-state index < -0.39 is 23.2 Å². The third-order valence-electron chi connectivity index (χ3n) is 5.39. The Morgan fingerprint density at radius 3 is 2.95 bits per heavy atom. The number of phenolic OH excluding ortho intramolecular Hbond substituents is 1. The summed E-state index contributed by atoms with van der Waals surface area (Å²) in [7, 11) is 0. The lowest BCUT2D eigenvalue weighted by Crippen LogP contribution is -2.70. The molecule has 3 aliphatic rings. The van der Waals surface area contributed by atoms with E-state index in [2.05, 4.69) is 0 Å². The summed E-state index contributed by atoms with van der Waals surface area (Å²) in [5, 5.41) is 21.3. The molecule has 21 heavy (non-hydrogen) atoms. The summed E-state index contributed by atoms with van der Waals surface area (Å²) in [6, 6.07) is 2.85. The first-order valence-electron chi connectivity index (χ1n) is 7.18. The SMILES string of the molecule is CC[C@]12c3c4ccc(O)c3O[C@H]1C(=O)C=C[C@@]2(O)[C@H](N)C4. The summed E-state index contributed by atoms with van der Waals surface area (Å²) in [6.45, 7) is 1.91. The van der Waals surface area contributed by atoms with E-state index >= 15 is 0 Å². The van der Waals surface area contributed by atoms with Gasteiger partial charge in [0.25, 0.3) is 0 Å². The van der Waals surface area contributed by atoms with Crippen LogP contribution < -0.4 is 10.5 Å². The molecular weight excluding hydrogens is 270 g/mol. The number of rotatable bonds is 1. The van der Waals surface area contributed by atoms with Crippen molar-refractivity contribution in [1.82, 2.24) is 0 Å². The quantitative estimate of drug-likeness (QED) is 0.701. The van der Waals surface area contributed by atoms with Crippen molar-refractivity contribution in [3.63, 3.8) is 0 Å². The highest BCUT2D eigenvalue weighted by Gasteiger charge is 2.68. The van der Waals surface area contributed by atoms with Crippen molar-refractivity contribution in [2.24, 2.45) is 5.73 Å². The van der Waals surface area contributed by atoms with Crippen molar-refractivity contribution in [3.8, 4) is 11.5 Å². The van der Waals surface area contributed by atoms with Crippen LogP contribution in [0.15, 0.2) is 24.3 Å². The van der Waals surface area contributed by atoms with E-state index in [0.717, 1.165) is 11.1 Å². The van der Waals surface area contributed by atoms with Crippen LogP contribution in [0.4, 0.5) is 0 Å². The molecule has 0 aromatic heterocycles. The fourth-order valence-corrected chi connectivity index (χ4v) is 4.39. The molecule has 0 bridgehead atoms. The van der Waals surface area contributed by atoms with E-state index in [0.29, 0.717) is 18.6 Å². The van der Waals surface area contributed by atoms with Gasteiger partial charge >= 0.3 is 0 Å². The molecule has 0 radical (unpaired) electrons. The van der Waals surface area contributed by atoms with E-state index in [4.69, 9.17) is 10.5 Å². The normalized spacial score (nSPS) is 39.1. The van der Waals surface area contributed by atoms with Crippen LogP contribution in [0.2, 0.25) is 0 Å². The number of aromatic hydroxyl groups is 1. The summed E-state index contributed by atoms with van der Waals surface area (Å²) in [4.78, 5) is 12.3. The molecular formula is C16H17NO4. The minimum absolute atomic E-state index is 0.00148. The Morgan fingerprint density at radius 1 is 1.48 bits per heavy atom. The summed E-state index contributed by atoms with van der Waals surface area (Å²) in [5.41, 5.74) is 5.66. The Hall–Kier alpha value is -1.85. The molecule has 0 fully saturated rings. The van der Waals surface area contributed by atoms with Crippen LogP contribution in [0.25, 0.3) is 0 Å². The number of aliphatic hydroxyl groups is 1. The van der Waals surface area contributed by atoms with Gasteiger partial charge in [-0.25, -0.2) is 0 Å². The van der Waals surface area contributed by atoms with Gasteiger partial charge in [-0.15, -0.1) is 0 Å². The Bertz CT molecular complexity index is 698. The van der Waals surface area contributed by atoms with E-state index in [1.54, 1.807) is 12.1 Å². The minimum Gasteiger partial charge on any atom is -0.504 e. The molecule has 4 atom stereocenters. The zero-order valence-electron chi connectivity index (χ0n) is 11.7. The number of benzene rings is 1. The maximum absolute atomic E-state index is 12.3. The number of ketones is 1. The molecule has 0 saturated heterocycles.